The van der Waals surface area contributed by atoms with Crippen LogP contribution in [-0.2, 0) is 6.54 Å². The number of hydrogen-bond donors (Lipinski definition) is 2. The number of pyridine rings is 2. The smallest absolute Gasteiger partial charge is 0.257 e. The maximum absolute atomic E-state index is 13.0. The molecule has 2 aromatic carbocycles. The number of likely N-dealkylation sites (N-methyl/N-ethyl adjacent to an activating group) is 1. The average molecular weight is 585 g/mol. The van der Waals surface area contributed by atoms with Gasteiger partial charge in [0.1, 0.15) is 0 Å². The minimum Gasteiger partial charge on any atom is -0.322 e. The minimum absolute atomic E-state index is 0.172. The van der Waals surface area contributed by atoms with Crippen LogP contribution in [0.4, 0.5) is 11.4 Å². The summed E-state index contributed by atoms with van der Waals surface area (Å²) in [5, 5.41) is 5.38. The van der Waals surface area contributed by atoms with Gasteiger partial charge in [-0.15, -0.1) is 0 Å². The number of nitrogens with zero attached hydrogens (tertiary/aromatic N) is 4. The van der Waals surface area contributed by atoms with Crippen LogP contribution in [0.2, 0.25) is 0 Å². The molecule has 1 saturated heterocycles. The van der Waals surface area contributed by atoms with Crippen molar-refractivity contribution in [3.8, 4) is 0 Å². The second-order valence-electron chi connectivity index (χ2n) is 9.97. The molecule has 3 heterocycles. The van der Waals surface area contributed by atoms with Crippen LogP contribution in [0.25, 0.3) is 0 Å². The Bertz CT molecular complexity index is 1510. The number of nitrogens with one attached hydrogen (secondary N) is 2. The molecule has 4 aromatic rings. The number of carbonyl (C=O) groups excluding carboxylic acids is 3. The maximum atomic E-state index is 13.0. The summed E-state index contributed by atoms with van der Waals surface area (Å²) in [7, 11) is 2.14. The average Bonchev–Trinajstić information content (AvgIpc) is 3.01. The van der Waals surface area contributed by atoms with Crippen LogP contribution in [-0.4, -0.2) is 70.1 Å². The predicted molar refractivity (Wildman–Crippen MR) is 165 cm³/mol. The first-order valence-corrected chi connectivity index (χ1v) is 13.9. The van der Waals surface area contributed by atoms with Gasteiger partial charge < -0.3 is 15.5 Å². The van der Waals surface area contributed by atoms with Crippen molar-refractivity contribution in [2.45, 2.75) is 13.5 Å². The molecule has 1 aliphatic heterocycles. The van der Waals surface area contributed by atoms with E-state index >= 15 is 0 Å². The van der Waals surface area contributed by atoms with Gasteiger partial charge in [0.2, 0.25) is 0 Å². The lowest BCUT2D eigenvalue weighted by molar-refractivity contribution is 0.101. The van der Waals surface area contributed by atoms with Gasteiger partial charge in [-0.1, -0.05) is 18.2 Å². The summed E-state index contributed by atoms with van der Waals surface area (Å²) in [5.74, 6) is -0.421. The van der Waals surface area contributed by atoms with Gasteiger partial charge in [0.05, 0.1) is 11.1 Å². The number of piperazine rings is 1. The number of amides is 2. The van der Waals surface area contributed by atoms with Gasteiger partial charge in [0.25, 0.3) is 17.1 Å². The summed E-state index contributed by atoms with van der Waals surface area (Å²) in [6.07, 6.45) is 6.15. The van der Waals surface area contributed by atoms with Crippen LogP contribution in [0.1, 0.15) is 42.2 Å². The number of benzene rings is 2. The van der Waals surface area contributed by atoms with E-state index in [0.29, 0.717) is 28.1 Å². The lowest BCUT2D eigenvalue weighted by atomic mass is 10.1. The highest BCUT2D eigenvalue weighted by atomic mass is 35.5. The molecule has 0 spiro atoms. The van der Waals surface area contributed by atoms with Crippen LogP contribution in [0.5, 0.6) is 0 Å². The molecule has 2 amide bonds. The van der Waals surface area contributed by atoms with Crippen molar-refractivity contribution >= 4 is 40.0 Å². The Morgan fingerprint density at radius 3 is 2.05 bits per heavy atom. The zero-order valence-corrected chi connectivity index (χ0v) is 24.3. The molecule has 216 valence electrons. The summed E-state index contributed by atoms with van der Waals surface area (Å²) in [6, 6.07) is 19.9. The van der Waals surface area contributed by atoms with Gasteiger partial charge in [-0.25, -0.2) is 0 Å². The highest BCUT2D eigenvalue weighted by Crippen LogP contribution is 2.22. The van der Waals surface area contributed by atoms with Crippen LogP contribution in [0, 0.1) is 6.92 Å². The lowest BCUT2D eigenvalue weighted by Gasteiger charge is -2.32. The minimum atomic E-state index is -0.469. The van der Waals surface area contributed by atoms with Crippen molar-refractivity contribution in [2.75, 3.05) is 43.9 Å². The zero-order valence-electron chi connectivity index (χ0n) is 23.6. The van der Waals surface area contributed by atoms with Gasteiger partial charge in [-0.05, 0) is 85.2 Å². The quantitative estimate of drug-likeness (QED) is 0.291. The number of rotatable bonds is 7. The van der Waals surface area contributed by atoms with Gasteiger partial charge in [-0.3, -0.25) is 29.3 Å². The molecule has 0 atom stereocenters. The molecule has 1 fully saturated rings. The molecule has 5 rings (SSSR count). The first kappa shape index (κ1) is 30.5. The van der Waals surface area contributed by atoms with Crippen LogP contribution >= 0.6 is 11.6 Å². The molecular formula is C32H33ClN6O3. The van der Waals surface area contributed by atoms with E-state index in [1.165, 1.54) is 12.4 Å². The predicted octanol–water partition coefficient (Wildman–Crippen LogP) is 5.10. The van der Waals surface area contributed by atoms with Gasteiger partial charge in [0.15, 0.2) is 0 Å². The van der Waals surface area contributed by atoms with Crippen molar-refractivity contribution in [1.29, 1.82) is 0 Å². The van der Waals surface area contributed by atoms with E-state index in [2.05, 4.69) is 43.5 Å². The molecule has 42 heavy (non-hydrogen) atoms. The van der Waals surface area contributed by atoms with Crippen LogP contribution in [0.15, 0.2) is 91.5 Å². The molecule has 9 nitrogen and oxygen atoms in total. The molecular weight excluding hydrogens is 552 g/mol. The zero-order chi connectivity index (χ0) is 29.9. The van der Waals surface area contributed by atoms with Crippen molar-refractivity contribution in [3.05, 3.63) is 119 Å². The molecule has 1 aliphatic rings. The Balaban J connectivity index is 0.000000385. The second kappa shape index (κ2) is 15.0. The fraction of sp³-hybridized carbons (Fsp3) is 0.219. The van der Waals surface area contributed by atoms with Crippen molar-refractivity contribution in [1.82, 2.24) is 19.8 Å². The largest absolute Gasteiger partial charge is 0.322 e. The number of halogens is 1. The SMILES string of the molecule is Cc1ccc(NC(=O)c2cccnc2)cc1NC(=O)c1cccc(CN2CCN(C)CC2)c1.O=C(Cl)c1cccnc1. The topological polar surface area (TPSA) is 108 Å². The standard InChI is InChI=1S/C26H29N5O2.C6H4ClNO/c1-19-8-9-23(28-26(33)22-7-4-10-27-17-22)16-24(19)29-25(32)21-6-3-5-20(15-21)18-31-13-11-30(2)12-14-31;7-6(9)5-2-1-3-8-4-5/h3-10,15-17H,11-14,18H2,1-2H3,(H,28,33)(H,29,32);1-4H. The van der Waals surface area contributed by atoms with E-state index in [0.717, 1.165) is 43.9 Å². The second-order valence-corrected chi connectivity index (χ2v) is 10.3. The van der Waals surface area contributed by atoms with E-state index in [-0.39, 0.29) is 11.8 Å². The van der Waals surface area contributed by atoms with Gasteiger partial charge in [-0.2, -0.15) is 0 Å². The highest BCUT2D eigenvalue weighted by molar-refractivity contribution is 6.67. The third-order valence-corrected chi connectivity index (χ3v) is 6.97. The van der Waals surface area contributed by atoms with E-state index in [9.17, 15) is 14.4 Å². The summed E-state index contributed by atoms with van der Waals surface area (Å²) in [4.78, 5) is 48.2. The van der Waals surface area contributed by atoms with Gasteiger partial charge >= 0.3 is 0 Å². The van der Waals surface area contributed by atoms with E-state index in [4.69, 9.17) is 11.6 Å². The lowest BCUT2D eigenvalue weighted by Crippen LogP contribution is -2.43. The number of aromatic nitrogens is 2. The molecule has 2 aromatic heterocycles. The summed E-state index contributed by atoms with van der Waals surface area (Å²) in [5.41, 5.74) is 4.82. The Morgan fingerprint density at radius 1 is 0.786 bits per heavy atom. The monoisotopic (exact) mass is 584 g/mol. The highest BCUT2D eigenvalue weighted by Gasteiger charge is 2.15. The van der Waals surface area contributed by atoms with Crippen LogP contribution < -0.4 is 10.6 Å². The number of carbonyl (C=O) groups is 3. The van der Waals surface area contributed by atoms with E-state index in [1.54, 1.807) is 42.7 Å². The number of anilines is 2. The molecule has 2 N–H and O–H groups in total. The Labute approximate surface area is 250 Å². The van der Waals surface area contributed by atoms with Gasteiger partial charge in [0, 0.05) is 74.4 Å². The summed E-state index contributed by atoms with van der Waals surface area (Å²) < 4.78 is 0. The third kappa shape index (κ3) is 9.04. The molecule has 0 aliphatic carbocycles. The fourth-order valence-electron chi connectivity index (χ4n) is 4.28. The Hall–Kier alpha value is -4.44. The van der Waals surface area contributed by atoms with Crippen LogP contribution in [0.3, 0.4) is 0 Å². The fourth-order valence-corrected chi connectivity index (χ4v) is 4.40. The molecule has 0 bridgehead atoms. The summed E-state index contributed by atoms with van der Waals surface area (Å²) in [6.45, 7) is 6.95. The van der Waals surface area contributed by atoms with Crippen molar-refractivity contribution in [3.63, 3.8) is 0 Å². The molecule has 10 heteroatoms. The number of aryl methyl sites for hydroxylation is 1. The first-order valence-electron chi connectivity index (χ1n) is 13.5. The normalized spacial score (nSPS) is 13.4. The van der Waals surface area contributed by atoms with Crippen molar-refractivity contribution < 1.29 is 14.4 Å². The Kier molecular flexibility index (Phi) is 10.9. The van der Waals surface area contributed by atoms with Crippen molar-refractivity contribution in [2.24, 2.45) is 0 Å². The first-order chi connectivity index (χ1) is 20.3. The third-order valence-electron chi connectivity index (χ3n) is 6.75. The van der Waals surface area contributed by atoms with E-state index in [1.807, 2.05) is 37.3 Å². The molecule has 0 radical (unpaired) electrons. The van der Waals surface area contributed by atoms with E-state index < -0.39 is 5.24 Å². The Morgan fingerprint density at radius 2 is 1.43 bits per heavy atom. The molecule has 0 unspecified atom stereocenters. The number of hydrogen-bond acceptors (Lipinski definition) is 7. The molecule has 0 saturated carbocycles. The maximum Gasteiger partial charge on any atom is 0.257 e. The summed E-state index contributed by atoms with van der Waals surface area (Å²) >= 11 is 5.12.